The van der Waals surface area contributed by atoms with E-state index in [-0.39, 0.29) is 23.2 Å². The SMILES string of the molecule is CCCCNC(=O)C(CC)N(Cc1ccccc1Cl)C(=O)CN(c1ccc(F)c(Cl)c1)S(C)(=O)=O. The number of amides is 2. The van der Waals surface area contributed by atoms with Crippen molar-refractivity contribution in [1.82, 2.24) is 10.2 Å². The summed E-state index contributed by atoms with van der Waals surface area (Å²) in [5.41, 5.74) is 0.642. The lowest BCUT2D eigenvalue weighted by Gasteiger charge is -2.33. The minimum absolute atomic E-state index is 0.0000129. The molecule has 35 heavy (non-hydrogen) atoms. The van der Waals surface area contributed by atoms with Gasteiger partial charge in [-0.05, 0) is 42.7 Å². The first-order valence-electron chi connectivity index (χ1n) is 11.2. The van der Waals surface area contributed by atoms with Crippen LogP contribution in [-0.2, 0) is 26.2 Å². The van der Waals surface area contributed by atoms with E-state index in [0.717, 1.165) is 35.5 Å². The van der Waals surface area contributed by atoms with E-state index in [1.54, 1.807) is 31.2 Å². The van der Waals surface area contributed by atoms with Gasteiger partial charge in [0.2, 0.25) is 21.8 Å². The van der Waals surface area contributed by atoms with Crippen molar-refractivity contribution in [2.75, 3.05) is 23.7 Å². The molecule has 192 valence electrons. The molecule has 0 saturated heterocycles. The van der Waals surface area contributed by atoms with Crippen molar-refractivity contribution >= 4 is 50.7 Å². The molecule has 0 aliphatic carbocycles. The summed E-state index contributed by atoms with van der Waals surface area (Å²) in [6, 6.07) is 9.45. The predicted octanol–water partition coefficient (Wildman–Crippen LogP) is 4.62. The highest BCUT2D eigenvalue weighted by molar-refractivity contribution is 7.92. The second kappa shape index (κ2) is 13.1. The van der Waals surface area contributed by atoms with Crippen molar-refractivity contribution in [2.24, 2.45) is 0 Å². The molecule has 7 nitrogen and oxygen atoms in total. The lowest BCUT2D eigenvalue weighted by molar-refractivity contribution is -0.140. The third kappa shape index (κ3) is 8.08. The maximum Gasteiger partial charge on any atom is 0.244 e. The Morgan fingerprint density at radius 2 is 1.77 bits per heavy atom. The molecule has 2 aromatic carbocycles. The van der Waals surface area contributed by atoms with Crippen LogP contribution in [-0.4, -0.2) is 50.5 Å². The maximum absolute atomic E-state index is 13.7. The predicted molar refractivity (Wildman–Crippen MR) is 138 cm³/mol. The Balaban J connectivity index is 2.43. The van der Waals surface area contributed by atoms with Crippen LogP contribution in [0, 0.1) is 5.82 Å². The van der Waals surface area contributed by atoms with Crippen LogP contribution in [0.3, 0.4) is 0 Å². The largest absolute Gasteiger partial charge is 0.354 e. The molecule has 2 aromatic rings. The Morgan fingerprint density at radius 1 is 1.09 bits per heavy atom. The number of anilines is 1. The topological polar surface area (TPSA) is 86.8 Å². The molecule has 0 heterocycles. The molecule has 2 rings (SSSR count). The summed E-state index contributed by atoms with van der Waals surface area (Å²) in [7, 11) is -3.95. The van der Waals surface area contributed by atoms with E-state index in [1.807, 2.05) is 6.92 Å². The Labute approximate surface area is 216 Å². The fourth-order valence-corrected chi connectivity index (χ4v) is 4.70. The third-order valence-electron chi connectivity index (χ3n) is 5.38. The van der Waals surface area contributed by atoms with Crippen LogP contribution < -0.4 is 9.62 Å². The van der Waals surface area contributed by atoms with Gasteiger partial charge >= 0.3 is 0 Å². The molecule has 0 aliphatic heterocycles. The van der Waals surface area contributed by atoms with Crippen molar-refractivity contribution in [2.45, 2.75) is 45.7 Å². The van der Waals surface area contributed by atoms with Gasteiger partial charge in [0.25, 0.3) is 0 Å². The summed E-state index contributed by atoms with van der Waals surface area (Å²) in [4.78, 5) is 27.9. The van der Waals surface area contributed by atoms with Crippen LogP contribution in [0.25, 0.3) is 0 Å². The first kappa shape index (κ1) is 28.9. The lowest BCUT2D eigenvalue weighted by atomic mass is 10.1. The number of carbonyl (C=O) groups is 2. The molecular formula is C24H30Cl2FN3O4S. The molecule has 0 bridgehead atoms. The van der Waals surface area contributed by atoms with E-state index in [0.29, 0.717) is 23.6 Å². The molecule has 1 N–H and O–H groups in total. The number of nitrogens with one attached hydrogen (secondary N) is 1. The molecule has 11 heteroatoms. The second-order valence-electron chi connectivity index (χ2n) is 8.05. The summed E-state index contributed by atoms with van der Waals surface area (Å²) in [6.45, 7) is 3.62. The number of benzene rings is 2. The van der Waals surface area contributed by atoms with E-state index >= 15 is 0 Å². The molecule has 0 aromatic heterocycles. The van der Waals surface area contributed by atoms with Gasteiger partial charge in [0.1, 0.15) is 18.4 Å². The Morgan fingerprint density at radius 3 is 2.34 bits per heavy atom. The third-order valence-corrected chi connectivity index (χ3v) is 7.18. The summed E-state index contributed by atoms with van der Waals surface area (Å²) in [5, 5.41) is 2.98. The average Bonchev–Trinajstić information content (AvgIpc) is 2.79. The van der Waals surface area contributed by atoms with Gasteiger partial charge in [-0.15, -0.1) is 0 Å². The monoisotopic (exact) mass is 545 g/mol. The Hall–Kier alpha value is -2.36. The van der Waals surface area contributed by atoms with Gasteiger partial charge in [0, 0.05) is 18.1 Å². The average molecular weight is 546 g/mol. The van der Waals surface area contributed by atoms with Gasteiger partial charge in [-0.2, -0.15) is 0 Å². The smallest absolute Gasteiger partial charge is 0.244 e. The normalized spacial score (nSPS) is 12.2. The molecule has 1 unspecified atom stereocenters. The van der Waals surface area contributed by atoms with E-state index < -0.39 is 34.3 Å². The van der Waals surface area contributed by atoms with Crippen LogP contribution >= 0.6 is 23.2 Å². The summed E-state index contributed by atoms with van der Waals surface area (Å²) in [6.07, 6.45) is 2.91. The number of hydrogen-bond acceptors (Lipinski definition) is 4. The number of carbonyl (C=O) groups excluding carboxylic acids is 2. The van der Waals surface area contributed by atoms with E-state index in [4.69, 9.17) is 23.2 Å². The van der Waals surface area contributed by atoms with Gasteiger partial charge in [0.05, 0.1) is 17.0 Å². The van der Waals surface area contributed by atoms with Crippen molar-refractivity contribution in [1.29, 1.82) is 0 Å². The number of hydrogen-bond donors (Lipinski definition) is 1. The minimum Gasteiger partial charge on any atom is -0.354 e. The Kier molecular flexibility index (Phi) is 10.8. The zero-order valence-electron chi connectivity index (χ0n) is 19.9. The molecule has 2 amide bonds. The van der Waals surface area contributed by atoms with Crippen LogP contribution in [0.1, 0.15) is 38.7 Å². The van der Waals surface area contributed by atoms with E-state index in [9.17, 15) is 22.4 Å². The molecule has 0 fully saturated rings. The van der Waals surface area contributed by atoms with Crippen LogP contribution in [0.5, 0.6) is 0 Å². The van der Waals surface area contributed by atoms with Crippen molar-refractivity contribution in [3.8, 4) is 0 Å². The van der Waals surface area contributed by atoms with Gasteiger partial charge < -0.3 is 10.2 Å². The van der Waals surface area contributed by atoms with E-state index in [2.05, 4.69) is 5.32 Å². The molecule has 0 spiro atoms. The highest BCUT2D eigenvalue weighted by Crippen LogP contribution is 2.26. The molecule has 0 aliphatic rings. The number of unbranched alkanes of at least 4 members (excludes halogenated alkanes) is 1. The number of rotatable bonds is 12. The van der Waals surface area contributed by atoms with Crippen LogP contribution in [0.15, 0.2) is 42.5 Å². The molecule has 1 atom stereocenters. The van der Waals surface area contributed by atoms with Crippen molar-refractivity contribution < 1.29 is 22.4 Å². The first-order valence-corrected chi connectivity index (χ1v) is 13.8. The minimum atomic E-state index is -3.95. The standard InChI is InChI=1S/C24H30Cl2FN3O4S/c1-4-6-13-28-24(32)22(5-2)29(15-17-9-7-8-10-19(17)25)23(31)16-30(35(3,33)34)18-11-12-21(27)20(26)14-18/h7-12,14,22H,4-6,13,15-16H2,1-3H3,(H,28,32). The molecule has 0 radical (unpaired) electrons. The highest BCUT2D eigenvalue weighted by Gasteiger charge is 2.32. The Bertz CT molecular complexity index is 1150. The van der Waals surface area contributed by atoms with Gasteiger partial charge in [-0.3, -0.25) is 13.9 Å². The zero-order chi connectivity index (χ0) is 26.2. The zero-order valence-corrected chi connectivity index (χ0v) is 22.3. The second-order valence-corrected chi connectivity index (χ2v) is 10.8. The first-order chi connectivity index (χ1) is 16.5. The van der Waals surface area contributed by atoms with Crippen LogP contribution in [0.2, 0.25) is 10.0 Å². The number of sulfonamides is 1. The lowest BCUT2D eigenvalue weighted by Crippen LogP contribution is -2.52. The molecule has 0 saturated carbocycles. The fraction of sp³-hybridized carbons (Fsp3) is 0.417. The van der Waals surface area contributed by atoms with Crippen LogP contribution in [0.4, 0.5) is 10.1 Å². The fourth-order valence-electron chi connectivity index (χ4n) is 3.49. The van der Waals surface area contributed by atoms with Gasteiger partial charge in [-0.1, -0.05) is 61.7 Å². The quantitative estimate of drug-likeness (QED) is 0.394. The summed E-state index contributed by atoms with van der Waals surface area (Å²) >= 11 is 12.2. The maximum atomic E-state index is 13.7. The van der Waals surface area contributed by atoms with Gasteiger partial charge in [-0.25, -0.2) is 12.8 Å². The molecular weight excluding hydrogens is 516 g/mol. The van der Waals surface area contributed by atoms with Crippen molar-refractivity contribution in [3.05, 3.63) is 63.9 Å². The number of nitrogens with zero attached hydrogens (tertiary/aromatic N) is 2. The van der Waals surface area contributed by atoms with Crippen molar-refractivity contribution in [3.63, 3.8) is 0 Å². The highest BCUT2D eigenvalue weighted by atomic mass is 35.5. The number of halogens is 3. The summed E-state index contributed by atoms with van der Waals surface area (Å²) in [5.74, 6) is -1.67. The van der Waals surface area contributed by atoms with Gasteiger partial charge in [0.15, 0.2) is 0 Å². The summed E-state index contributed by atoms with van der Waals surface area (Å²) < 4.78 is 39.6. The van der Waals surface area contributed by atoms with E-state index in [1.165, 1.54) is 11.0 Å².